The lowest BCUT2D eigenvalue weighted by molar-refractivity contribution is -0.135. The quantitative estimate of drug-likeness (QED) is 0.633. The lowest BCUT2D eigenvalue weighted by Gasteiger charge is -2.01. The number of rotatable bonds is 7. The zero-order valence-corrected chi connectivity index (χ0v) is 17.8. The third kappa shape index (κ3) is 8.04. The first-order valence-corrected chi connectivity index (χ1v) is 10.8. The molecule has 0 aliphatic carbocycles. The van der Waals surface area contributed by atoms with Crippen molar-refractivity contribution in [2.45, 2.75) is 25.0 Å². The second-order valence-electron chi connectivity index (χ2n) is 5.84. The summed E-state index contributed by atoms with van der Waals surface area (Å²) in [6, 6.07) is 10.9. The van der Waals surface area contributed by atoms with Crippen molar-refractivity contribution in [2.75, 3.05) is 6.54 Å². The Balaban J connectivity index is 0.000000416. The van der Waals surface area contributed by atoms with Crippen LogP contribution in [0, 0.1) is 6.92 Å². The number of carbonyl (C=O) groups is 1. The Hall–Kier alpha value is -2.48. The molecular formula is C21H25NO4S2. The highest BCUT2D eigenvalue weighted by molar-refractivity contribution is 7.91. The van der Waals surface area contributed by atoms with Crippen molar-refractivity contribution in [1.82, 2.24) is 4.72 Å². The van der Waals surface area contributed by atoms with Crippen molar-refractivity contribution in [1.29, 1.82) is 0 Å². The summed E-state index contributed by atoms with van der Waals surface area (Å²) in [5.74, 6) is -1.22. The number of aliphatic carboxylic acids is 1. The summed E-state index contributed by atoms with van der Waals surface area (Å²) >= 11 is 1.11. The van der Waals surface area contributed by atoms with E-state index in [1.807, 2.05) is 74.1 Å². The van der Waals surface area contributed by atoms with Crippen LogP contribution in [0.15, 0.2) is 77.1 Å². The highest BCUT2D eigenvalue weighted by Crippen LogP contribution is 2.30. The van der Waals surface area contributed by atoms with E-state index in [9.17, 15) is 13.2 Å². The van der Waals surface area contributed by atoms with Gasteiger partial charge in [-0.15, -0.1) is 11.3 Å². The van der Waals surface area contributed by atoms with E-state index in [1.54, 1.807) is 6.07 Å². The molecule has 2 rings (SSSR count). The van der Waals surface area contributed by atoms with E-state index < -0.39 is 22.5 Å². The average Bonchev–Trinajstić information content (AvgIpc) is 3.17. The molecule has 0 bridgehead atoms. The first-order chi connectivity index (χ1) is 13.2. The van der Waals surface area contributed by atoms with Crippen LogP contribution in [0.25, 0.3) is 10.4 Å². The molecule has 5 nitrogen and oxygen atoms in total. The molecule has 150 valence electrons. The average molecular weight is 420 g/mol. The number of hydrogen-bond acceptors (Lipinski definition) is 4. The fraction of sp³-hybridized carbons (Fsp3) is 0.190. The summed E-state index contributed by atoms with van der Waals surface area (Å²) in [6.45, 7) is 8.98. The van der Waals surface area contributed by atoms with E-state index in [4.69, 9.17) is 5.11 Å². The first-order valence-electron chi connectivity index (χ1n) is 8.50. The number of benzene rings is 1. The van der Waals surface area contributed by atoms with Gasteiger partial charge in [0.1, 0.15) is 10.8 Å². The van der Waals surface area contributed by atoms with Crippen LogP contribution in [0.5, 0.6) is 0 Å². The van der Waals surface area contributed by atoms with Gasteiger partial charge in [-0.25, -0.2) is 8.42 Å². The van der Waals surface area contributed by atoms with Crippen LogP contribution in [0.1, 0.15) is 19.4 Å². The fourth-order valence-corrected chi connectivity index (χ4v) is 4.21. The van der Waals surface area contributed by atoms with Gasteiger partial charge in [-0.1, -0.05) is 66.3 Å². The molecule has 7 heteroatoms. The largest absolute Gasteiger partial charge is 0.480 e. The van der Waals surface area contributed by atoms with Gasteiger partial charge >= 0.3 is 5.97 Å². The molecule has 1 aromatic heterocycles. The lowest BCUT2D eigenvalue weighted by atomic mass is 10.1. The first kappa shape index (κ1) is 23.6. The van der Waals surface area contributed by atoms with Gasteiger partial charge in [0.2, 0.25) is 0 Å². The normalized spacial score (nSPS) is 11.8. The summed E-state index contributed by atoms with van der Waals surface area (Å²) in [6.07, 6.45) is 7.84. The highest BCUT2D eigenvalue weighted by atomic mass is 32.2. The molecule has 0 saturated heterocycles. The number of carboxylic acids is 1. The van der Waals surface area contributed by atoms with Crippen molar-refractivity contribution in [3.05, 3.63) is 78.4 Å². The molecule has 0 fully saturated rings. The summed E-state index contributed by atoms with van der Waals surface area (Å²) in [5.41, 5.74) is 3.25. The molecule has 2 aromatic rings. The van der Waals surface area contributed by atoms with Crippen LogP contribution in [0.4, 0.5) is 0 Å². The monoisotopic (exact) mass is 419 g/mol. The lowest BCUT2D eigenvalue weighted by Crippen LogP contribution is -2.28. The topological polar surface area (TPSA) is 83.5 Å². The number of allylic oxidation sites excluding steroid dienone is 5. The molecule has 28 heavy (non-hydrogen) atoms. The maximum atomic E-state index is 11.9. The van der Waals surface area contributed by atoms with Gasteiger partial charge in [-0.05, 0) is 38.5 Å². The van der Waals surface area contributed by atoms with Gasteiger partial charge in [-0.3, -0.25) is 4.79 Å². The Morgan fingerprint density at radius 2 is 1.86 bits per heavy atom. The zero-order chi connectivity index (χ0) is 21.2. The van der Waals surface area contributed by atoms with Gasteiger partial charge in [-0.2, -0.15) is 4.72 Å². The minimum Gasteiger partial charge on any atom is -0.480 e. The van der Waals surface area contributed by atoms with Crippen molar-refractivity contribution in [3.63, 3.8) is 0 Å². The Morgan fingerprint density at radius 1 is 1.21 bits per heavy atom. The van der Waals surface area contributed by atoms with Crippen LogP contribution in [-0.4, -0.2) is 26.0 Å². The predicted molar refractivity (Wildman–Crippen MR) is 116 cm³/mol. The molecular weight excluding hydrogens is 394 g/mol. The molecule has 0 atom stereocenters. The molecule has 0 spiro atoms. The van der Waals surface area contributed by atoms with Gasteiger partial charge in [0.15, 0.2) is 0 Å². The molecule has 0 saturated carbocycles. The minimum atomic E-state index is -3.76. The SMILES string of the molecule is C=C/C(C)=C\C=C/C.Cc1ccc(-c2ccc(S(=O)(=O)NCC(=O)O)s2)cc1. The van der Waals surface area contributed by atoms with E-state index in [2.05, 4.69) is 6.58 Å². The number of hydrogen-bond donors (Lipinski definition) is 2. The van der Waals surface area contributed by atoms with Gasteiger partial charge in [0.05, 0.1) is 0 Å². The molecule has 0 aliphatic rings. The minimum absolute atomic E-state index is 0.106. The molecule has 2 N–H and O–H groups in total. The van der Waals surface area contributed by atoms with Crippen LogP contribution >= 0.6 is 11.3 Å². The number of carboxylic acid groups (broad SMARTS) is 1. The third-order valence-corrected chi connectivity index (χ3v) is 6.50. The zero-order valence-electron chi connectivity index (χ0n) is 16.2. The van der Waals surface area contributed by atoms with Crippen molar-refractivity contribution in [2.24, 2.45) is 0 Å². The third-order valence-electron chi connectivity index (χ3n) is 3.47. The molecule has 0 unspecified atom stereocenters. The highest BCUT2D eigenvalue weighted by Gasteiger charge is 2.18. The van der Waals surface area contributed by atoms with Crippen LogP contribution in [0.3, 0.4) is 0 Å². The molecule has 1 aromatic carbocycles. The van der Waals surface area contributed by atoms with Crippen molar-refractivity contribution < 1.29 is 18.3 Å². The van der Waals surface area contributed by atoms with E-state index in [0.29, 0.717) is 0 Å². The fourth-order valence-electron chi connectivity index (χ4n) is 1.88. The van der Waals surface area contributed by atoms with Crippen LogP contribution in [-0.2, 0) is 14.8 Å². The van der Waals surface area contributed by atoms with E-state index >= 15 is 0 Å². The number of aryl methyl sites for hydroxylation is 1. The Morgan fingerprint density at radius 3 is 2.39 bits per heavy atom. The summed E-state index contributed by atoms with van der Waals surface area (Å²) in [7, 11) is -3.76. The smallest absolute Gasteiger partial charge is 0.318 e. The summed E-state index contributed by atoms with van der Waals surface area (Å²) < 4.78 is 25.9. The molecule has 0 radical (unpaired) electrons. The molecule has 0 amide bonds. The Kier molecular flexibility index (Phi) is 9.58. The standard InChI is InChI=1S/C13H13NO4S2.C8H12/c1-9-2-4-10(5-3-9)11-6-7-13(19-11)20(17,18)14-8-12(15)16;1-4-6-7-8(3)5-2/h2-7,14H,8H2,1H3,(H,15,16);4-7H,2H2,1,3H3/b;6-4-,8-7-. The molecule has 1 heterocycles. The van der Waals surface area contributed by atoms with Gasteiger partial charge in [0, 0.05) is 4.88 Å². The van der Waals surface area contributed by atoms with Crippen LogP contribution < -0.4 is 4.72 Å². The predicted octanol–water partition coefficient (Wildman–Crippen LogP) is 4.78. The number of thiophene rings is 1. The second-order valence-corrected chi connectivity index (χ2v) is 8.92. The van der Waals surface area contributed by atoms with Crippen molar-refractivity contribution >= 4 is 27.3 Å². The summed E-state index contributed by atoms with van der Waals surface area (Å²) in [5, 5.41) is 8.51. The molecule has 0 aliphatic heterocycles. The second kappa shape index (κ2) is 11.4. The van der Waals surface area contributed by atoms with E-state index in [-0.39, 0.29) is 4.21 Å². The van der Waals surface area contributed by atoms with E-state index in [0.717, 1.165) is 27.3 Å². The Labute approximate surface area is 170 Å². The van der Waals surface area contributed by atoms with Gasteiger partial charge in [0.25, 0.3) is 10.0 Å². The maximum absolute atomic E-state index is 11.9. The summed E-state index contributed by atoms with van der Waals surface area (Å²) in [4.78, 5) is 11.2. The Bertz CT molecular complexity index is 953. The van der Waals surface area contributed by atoms with Gasteiger partial charge < -0.3 is 5.11 Å². The van der Waals surface area contributed by atoms with Crippen molar-refractivity contribution in [3.8, 4) is 10.4 Å². The van der Waals surface area contributed by atoms with Crippen LogP contribution in [0.2, 0.25) is 0 Å². The number of nitrogens with one attached hydrogen (secondary N) is 1. The maximum Gasteiger partial charge on any atom is 0.318 e. The van der Waals surface area contributed by atoms with E-state index in [1.165, 1.54) is 11.6 Å². The number of sulfonamides is 1.